The number of pyridine rings is 1. The Bertz CT molecular complexity index is 1670. The molecule has 1 aliphatic rings. The van der Waals surface area contributed by atoms with Crippen molar-refractivity contribution in [3.63, 3.8) is 0 Å². The first kappa shape index (κ1) is 28.1. The average Bonchev–Trinajstić information content (AvgIpc) is 3.50. The number of amides is 1. The third kappa shape index (κ3) is 6.74. The molecule has 1 aliphatic heterocycles. The summed E-state index contributed by atoms with van der Waals surface area (Å²) in [6, 6.07) is 22.6. The molecular weight excluding hydrogens is 549 g/mol. The number of carbonyl (C=O) groups is 1. The van der Waals surface area contributed by atoms with E-state index in [1.807, 2.05) is 43.3 Å². The number of imidazole rings is 1. The van der Waals surface area contributed by atoms with Crippen LogP contribution < -0.4 is 10.6 Å². The van der Waals surface area contributed by atoms with Gasteiger partial charge in [-0.1, -0.05) is 31.2 Å². The molecule has 0 aliphatic carbocycles. The molecule has 1 amide bonds. The van der Waals surface area contributed by atoms with E-state index in [-0.39, 0.29) is 11.7 Å². The number of hydrogen-bond donors (Lipinski definition) is 3. The molecule has 10 nitrogen and oxygen atoms in total. The van der Waals surface area contributed by atoms with Crippen LogP contribution in [0.25, 0.3) is 22.6 Å². The van der Waals surface area contributed by atoms with Gasteiger partial charge in [0.05, 0.1) is 42.5 Å². The second kappa shape index (κ2) is 12.5. The first-order valence-corrected chi connectivity index (χ1v) is 13.9. The van der Waals surface area contributed by atoms with E-state index < -0.39 is 11.7 Å². The van der Waals surface area contributed by atoms with Gasteiger partial charge in [-0.2, -0.15) is 0 Å². The minimum atomic E-state index is -0.769. The summed E-state index contributed by atoms with van der Waals surface area (Å²) in [5, 5.41) is 6.17. The summed E-state index contributed by atoms with van der Waals surface area (Å²) in [5.41, 5.74) is 3.48. The number of aromatic nitrogens is 5. The molecule has 3 aromatic heterocycles. The van der Waals surface area contributed by atoms with E-state index in [1.54, 1.807) is 42.7 Å². The smallest absolute Gasteiger partial charge is 0.251 e. The lowest BCUT2D eigenvalue weighted by molar-refractivity contribution is -0.231. The molecule has 0 bridgehead atoms. The van der Waals surface area contributed by atoms with Crippen LogP contribution in [0.1, 0.15) is 35.1 Å². The summed E-state index contributed by atoms with van der Waals surface area (Å²) < 4.78 is 26.0. The van der Waals surface area contributed by atoms with Gasteiger partial charge < -0.3 is 25.1 Å². The number of ether oxygens (including phenoxy) is 2. The van der Waals surface area contributed by atoms with Crippen LogP contribution in [0.5, 0.6) is 0 Å². The predicted molar refractivity (Wildman–Crippen MR) is 158 cm³/mol. The van der Waals surface area contributed by atoms with Gasteiger partial charge >= 0.3 is 0 Å². The molecule has 0 saturated carbocycles. The molecule has 43 heavy (non-hydrogen) atoms. The molecule has 2 aromatic carbocycles. The zero-order chi connectivity index (χ0) is 29.6. The number of nitrogens with one attached hydrogen (secondary N) is 3. The minimum Gasteiger partial charge on any atom is -0.351 e. The van der Waals surface area contributed by atoms with Gasteiger partial charge in [-0.25, -0.2) is 19.3 Å². The zero-order valence-electron chi connectivity index (χ0n) is 23.5. The summed E-state index contributed by atoms with van der Waals surface area (Å²) in [7, 11) is 0. The fourth-order valence-corrected chi connectivity index (χ4v) is 4.65. The van der Waals surface area contributed by atoms with Crippen LogP contribution in [-0.4, -0.2) is 50.6 Å². The number of nitrogens with zero attached hydrogens (tertiary/aromatic N) is 4. The van der Waals surface area contributed by atoms with Gasteiger partial charge in [0.25, 0.3) is 5.91 Å². The number of rotatable bonds is 9. The Morgan fingerprint density at radius 1 is 0.953 bits per heavy atom. The van der Waals surface area contributed by atoms with Gasteiger partial charge in [-0.05, 0) is 54.6 Å². The van der Waals surface area contributed by atoms with Crippen molar-refractivity contribution in [2.24, 2.45) is 5.41 Å². The topological polar surface area (TPSA) is 127 Å². The van der Waals surface area contributed by atoms with E-state index >= 15 is 0 Å². The van der Waals surface area contributed by atoms with E-state index in [0.717, 1.165) is 5.69 Å². The van der Waals surface area contributed by atoms with Gasteiger partial charge in [0.15, 0.2) is 5.82 Å². The summed E-state index contributed by atoms with van der Waals surface area (Å²) in [5.74, 6) is 0.373. The van der Waals surface area contributed by atoms with Crippen molar-refractivity contribution in [2.75, 3.05) is 25.1 Å². The standard InChI is InChI=1S/C32H30FN7O3/c1-32(18-37-29(41)22-7-3-2-4-8-22)19-42-30(43-20-32)28-39-26(21-10-12-23(33)13-11-21)27(40-28)25-14-16-35-31(38-25)36-17-24-9-5-6-15-34-24/h2-16,30H,17-20H2,1H3,(H,37,41)(H,39,40)(H,35,36,38). The first-order chi connectivity index (χ1) is 21.0. The van der Waals surface area contributed by atoms with E-state index in [1.165, 1.54) is 12.1 Å². The third-order valence-electron chi connectivity index (χ3n) is 7.01. The normalized spacial score (nSPS) is 18.2. The van der Waals surface area contributed by atoms with Crippen LogP contribution in [0.4, 0.5) is 10.3 Å². The van der Waals surface area contributed by atoms with E-state index in [9.17, 15) is 9.18 Å². The Morgan fingerprint density at radius 2 is 1.72 bits per heavy atom. The second-order valence-corrected chi connectivity index (χ2v) is 10.6. The fraction of sp³-hybridized carbons (Fsp3) is 0.219. The molecule has 5 aromatic rings. The lowest BCUT2D eigenvalue weighted by Crippen LogP contribution is -2.45. The minimum absolute atomic E-state index is 0.151. The van der Waals surface area contributed by atoms with E-state index in [2.05, 4.69) is 25.6 Å². The van der Waals surface area contributed by atoms with Crippen LogP contribution in [0.3, 0.4) is 0 Å². The molecule has 218 valence electrons. The molecule has 0 radical (unpaired) electrons. The molecule has 1 saturated heterocycles. The molecular formula is C32H30FN7O3. The van der Waals surface area contributed by atoms with Gasteiger partial charge in [-0.15, -0.1) is 0 Å². The Balaban J connectivity index is 1.20. The Labute approximate surface area is 247 Å². The third-order valence-corrected chi connectivity index (χ3v) is 7.01. The molecule has 1 fully saturated rings. The fourth-order valence-electron chi connectivity index (χ4n) is 4.65. The maximum atomic E-state index is 13.8. The quantitative estimate of drug-likeness (QED) is 0.219. The molecule has 11 heteroatoms. The summed E-state index contributed by atoms with van der Waals surface area (Å²) in [6.45, 7) is 3.50. The molecule has 0 atom stereocenters. The molecule has 0 unspecified atom stereocenters. The molecule has 6 rings (SSSR count). The second-order valence-electron chi connectivity index (χ2n) is 10.6. The molecule has 3 N–H and O–H groups in total. The number of benzene rings is 2. The van der Waals surface area contributed by atoms with Crippen molar-refractivity contribution in [3.8, 4) is 22.6 Å². The van der Waals surface area contributed by atoms with E-state index in [0.29, 0.717) is 66.3 Å². The lowest BCUT2D eigenvalue weighted by atomic mass is 9.92. The van der Waals surface area contributed by atoms with Crippen LogP contribution in [-0.2, 0) is 16.0 Å². The maximum absolute atomic E-state index is 13.8. The monoisotopic (exact) mass is 579 g/mol. The SMILES string of the molecule is CC1(CNC(=O)c2ccccc2)COC(c2nc(-c3ccc(F)cc3)c(-c3ccnc(NCc4ccccn4)n3)[nH]2)OC1. The van der Waals surface area contributed by atoms with E-state index in [4.69, 9.17) is 19.4 Å². The highest BCUT2D eigenvalue weighted by atomic mass is 19.1. The average molecular weight is 580 g/mol. The van der Waals surface area contributed by atoms with Gasteiger partial charge in [0.2, 0.25) is 12.2 Å². The number of aromatic amines is 1. The van der Waals surface area contributed by atoms with Crippen molar-refractivity contribution in [3.05, 3.63) is 114 Å². The highest BCUT2D eigenvalue weighted by molar-refractivity contribution is 5.94. The highest BCUT2D eigenvalue weighted by Crippen LogP contribution is 2.35. The summed E-state index contributed by atoms with van der Waals surface area (Å²) in [6.07, 6.45) is 2.61. The highest BCUT2D eigenvalue weighted by Gasteiger charge is 2.35. The Morgan fingerprint density at radius 3 is 2.47 bits per heavy atom. The van der Waals surface area contributed by atoms with Gasteiger partial charge in [0, 0.05) is 35.5 Å². The van der Waals surface area contributed by atoms with Gasteiger partial charge in [-0.3, -0.25) is 9.78 Å². The number of H-pyrrole nitrogens is 1. The number of hydrogen-bond acceptors (Lipinski definition) is 8. The predicted octanol–water partition coefficient (Wildman–Crippen LogP) is 5.16. The summed E-state index contributed by atoms with van der Waals surface area (Å²) >= 11 is 0. The van der Waals surface area contributed by atoms with Crippen LogP contribution >= 0.6 is 0 Å². The lowest BCUT2D eigenvalue weighted by Gasteiger charge is -2.36. The Hall–Kier alpha value is -5.00. The van der Waals surface area contributed by atoms with Crippen LogP contribution in [0.2, 0.25) is 0 Å². The van der Waals surface area contributed by atoms with Crippen molar-refractivity contribution in [1.82, 2.24) is 30.2 Å². The molecule has 0 spiro atoms. The first-order valence-electron chi connectivity index (χ1n) is 13.9. The molecule has 4 heterocycles. The van der Waals surface area contributed by atoms with Gasteiger partial charge in [0.1, 0.15) is 5.82 Å². The van der Waals surface area contributed by atoms with Crippen molar-refractivity contribution in [1.29, 1.82) is 0 Å². The zero-order valence-corrected chi connectivity index (χ0v) is 23.5. The van der Waals surface area contributed by atoms with Crippen molar-refractivity contribution < 1.29 is 18.7 Å². The Kier molecular flexibility index (Phi) is 8.16. The van der Waals surface area contributed by atoms with Crippen molar-refractivity contribution in [2.45, 2.75) is 19.8 Å². The number of carbonyl (C=O) groups excluding carboxylic acids is 1. The van der Waals surface area contributed by atoms with Crippen LogP contribution in [0.15, 0.2) is 91.3 Å². The van der Waals surface area contributed by atoms with Crippen molar-refractivity contribution >= 4 is 11.9 Å². The van der Waals surface area contributed by atoms with Crippen LogP contribution in [0, 0.1) is 11.2 Å². The summed E-state index contributed by atoms with van der Waals surface area (Å²) in [4.78, 5) is 34.0. The maximum Gasteiger partial charge on any atom is 0.251 e. The number of anilines is 1. The largest absolute Gasteiger partial charge is 0.351 e. The number of halogens is 1.